The molecule has 32 heavy (non-hydrogen) atoms. The van der Waals surface area contributed by atoms with Gasteiger partial charge in [0.15, 0.2) is 11.7 Å². The van der Waals surface area contributed by atoms with Gasteiger partial charge in [-0.2, -0.15) is 0 Å². The van der Waals surface area contributed by atoms with Gasteiger partial charge >= 0.3 is 5.97 Å². The number of nitrogens with one attached hydrogen (secondary N) is 1. The van der Waals surface area contributed by atoms with Crippen LogP contribution in [0.15, 0.2) is 78.2 Å². The number of rotatable bonds is 6. The predicted octanol–water partition coefficient (Wildman–Crippen LogP) is 5.89. The Morgan fingerprint density at radius 3 is 2.34 bits per heavy atom. The molecule has 0 atom stereocenters. The molecule has 3 aromatic carbocycles. The lowest BCUT2D eigenvalue weighted by molar-refractivity contribution is -0.119. The van der Waals surface area contributed by atoms with Crippen LogP contribution < -0.4 is 5.32 Å². The summed E-state index contributed by atoms with van der Waals surface area (Å²) in [5.41, 5.74) is 6.25. The predicted molar refractivity (Wildman–Crippen MR) is 128 cm³/mol. The number of aromatic nitrogens is 1. The topological polar surface area (TPSA) is 68.3 Å². The highest BCUT2D eigenvalue weighted by molar-refractivity contribution is 7.14. The van der Waals surface area contributed by atoms with Crippen LogP contribution in [0, 0.1) is 13.8 Å². The van der Waals surface area contributed by atoms with Crippen LogP contribution in [-0.4, -0.2) is 23.5 Å². The first-order valence-corrected chi connectivity index (χ1v) is 11.0. The van der Waals surface area contributed by atoms with Gasteiger partial charge in [0, 0.05) is 10.9 Å². The summed E-state index contributed by atoms with van der Waals surface area (Å²) >= 11 is 1.32. The van der Waals surface area contributed by atoms with Crippen molar-refractivity contribution >= 4 is 28.3 Å². The van der Waals surface area contributed by atoms with Crippen molar-refractivity contribution < 1.29 is 14.3 Å². The van der Waals surface area contributed by atoms with E-state index in [0.29, 0.717) is 10.7 Å². The molecule has 0 bridgehead atoms. The molecule has 4 aromatic rings. The zero-order valence-corrected chi connectivity index (χ0v) is 18.6. The summed E-state index contributed by atoms with van der Waals surface area (Å²) in [5, 5.41) is 5.04. The third kappa shape index (κ3) is 5.10. The first-order valence-electron chi connectivity index (χ1n) is 10.2. The Hall–Kier alpha value is -3.77. The van der Waals surface area contributed by atoms with Crippen LogP contribution in [0.25, 0.3) is 22.4 Å². The molecule has 0 unspecified atom stereocenters. The van der Waals surface area contributed by atoms with E-state index in [2.05, 4.69) is 34.6 Å². The van der Waals surface area contributed by atoms with Gasteiger partial charge in [-0.1, -0.05) is 72.3 Å². The summed E-state index contributed by atoms with van der Waals surface area (Å²) < 4.78 is 5.17. The highest BCUT2D eigenvalue weighted by Crippen LogP contribution is 2.27. The first kappa shape index (κ1) is 21.5. The van der Waals surface area contributed by atoms with Crippen LogP contribution in [0.1, 0.15) is 21.5 Å². The highest BCUT2D eigenvalue weighted by atomic mass is 32.1. The number of esters is 1. The van der Waals surface area contributed by atoms with Crippen LogP contribution in [0.5, 0.6) is 0 Å². The molecular weight excluding hydrogens is 420 g/mol. The molecule has 6 heteroatoms. The van der Waals surface area contributed by atoms with Gasteiger partial charge in [0.25, 0.3) is 5.91 Å². The van der Waals surface area contributed by atoms with E-state index in [0.717, 1.165) is 33.5 Å². The molecule has 1 heterocycles. The number of carbonyl (C=O) groups excluding carboxylic acids is 2. The molecule has 0 spiro atoms. The number of anilines is 1. The number of hydrogen-bond donors (Lipinski definition) is 1. The number of amides is 1. The average Bonchev–Trinajstić information content (AvgIpc) is 3.28. The Bertz CT molecular complexity index is 1250. The van der Waals surface area contributed by atoms with Crippen molar-refractivity contribution in [3.63, 3.8) is 0 Å². The minimum Gasteiger partial charge on any atom is -0.452 e. The monoisotopic (exact) mass is 442 g/mol. The van der Waals surface area contributed by atoms with Gasteiger partial charge in [0.05, 0.1) is 11.3 Å². The molecule has 0 aliphatic carbocycles. The Morgan fingerprint density at radius 1 is 0.906 bits per heavy atom. The molecule has 5 nitrogen and oxygen atoms in total. The molecule has 1 aromatic heterocycles. The first-order chi connectivity index (χ1) is 15.5. The molecule has 0 saturated heterocycles. The fraction of sp³-hybridized carbons (Fsp3) is 0.115. The van der Waals surface area contributed by atoms with Gasteiger partial charge in [0.1, 0.15) is 0 Å². The van der Waals surface area contributed by atoms with E-state index < -0.39 is 11.9 Å². The maximum absolute atomic E-state index is 12.3. The maximum Gasteiger partial charge on any atom is 0.338 e. The summed E-state index contributed by atoms with van der Waals surface area (Å²) in [5.74, 6) is -0.941. The quantitative estimate of drug-likeness (QED) is 0.378. The second-order valence-corrected chi connectivity index (χ2v) is 8.28. The number of thiazole rings is 1. The second-order valence-electron chi connectivity index (χ2n) is 7.42. The molecule has 0 aliphatic rings. The Morgan fingerprint density at radius 2 is 1.59 bits per heavy atom. The summed E-state index contributed by atoms with van der Waals surface area (Å²) in [6.07, 6.45) is 0. The molecular formula is C26H22N2O3S. The minimum absolute atomic E-state index is 0.368. The molecule has 4 rings (SSSR count). The second kappa shape index (κ2) is 9.58. The van der Waals surface area contributed by atoms with E-state index in [4.69, 9.17) is 4.74 Å². The SMILES string of the molecule is Cc1ccc(C)c(C(=O)OCC(=O)Nc2nc(-c3ccc(-c4ccccc4)cc3)cs2)c1. The van der Waals surface area contributed by atoms with E-state index in [9.17, 15) is 9.59 Å². The van der Waals surface area contributed by atoms with E-state index in [-0.39, 0.29) is 6.61 Å². The number of hydrogen-bond acceptors (Lipinski definition) is 5. The smallest absolute Gasteiger partial charge is 0.338 e. The van der Waals surface area contributed by atoms with Gasteiger partial charge < -0.3 is 4.74 Å². The van der Waals surface area contributed by atoms with Crippen molar-refractivity contribution in [1.29, 1.82) is 0 Å². The van der Waals surface area contributed by atoms with Crippen molar-refractivity contribution in [2.45, 2.75) is 13.8 Å². The number of aryl methyl sites for hydroxylation is 2. The summed E-state index contributed by atoms with van der Waals surface area (Å²) in [7, 11) is 0. The van der Waals surface area contributed by atoms with Crippen LogP contribution in [-0.2, 0) is 9.53 Å². The van der Waals surface area contributed by atoms with E-state index in [1.807, 2.05) is 61.7 Å². The zero-order valence-electron chi connectivity index (χ0n) is 17.8. The number of carbonyl (C=O) groups is 2. The van der Waals surface area contributed by atoms with Crippen molar-refractivity contribution in [2.24, 2.45) is 0 Å². The van der Waals surface area contributed by atoms with E-state index in [1.165, 1.54) is 11.3 Å². The highest BCUT2D eigenvalue weighted by Gasteiger charge is 2.14. The number of benzene rings is 3. The van der Waals surface area contributed by atoms with Gasteiger partial charge in [-0.3, -0.25) is 10.1 Å². The maximum atomic E-state index is 12.3. The third-order valence-electron chi connectivity index (χ3n) is 4.99. The Balaban J connectivity index is 1.35. The molecule has 1 N–H and O–H groups in total. The molecule has 0 radical (unpaired) electrons. The van der Waals surface area contributed by atoms with Gasteiger partial charge in [-0.05, 0) is 36.6 Å². The lowest BCUT2D eigenvalue weighted by Gasteiger charge is -2.07. The molecule has 0 aliphatic heterocycles. The normalized spacial score (nSPS) is 10.6. The van der Waals surface area contributed by atoms with Gasteiger partial charge in [0.2, 0.25) is 0 Å². The fourth-order valence-corrected chi connectivity index (χ4v) is 3.98. The minimum atomic E-state index is -0.514. The number of nitrogens with zero attached hydrogens (tertiary/aromatic N) is 1. The largest absolute Gasteiger partial charge is 0.452 e. The standard InChI is InChI=1S/C26H22N2O3S/c1-17-8-9-18(2)22(14-17)25(30)31-15-24(29)28-26-27-23(16-32-26)21-12-10-20(11-13-21)19-6-4-3-5-7-19/h3-14,16H,15H2,1-2H3,(H,27,28,29). The van der Waals surface area contributed by atoms with Crippen LogP contribution in [0.4, 0.5) is 5.13 Å². The van der Waals surface area contributed by atoms with Gasteiger partial charge in [-0.15, -0.1) is 11.3 Å². The lowest BCUT2D eigenvalue weighted by atomic mass is 10.0. The molecule has 0 fully saturated rings. The summed E-state index contributed by atoms with van der Waals surface area (Å²) in [6.45, 7) is 3.37. The van der Waals surface area contributed by atoms with Gasteiger partial charge in [-0.25, -0.2) is 9.78 Å². The molecule has 1 amide bonds. The van der Waals surface area contributed by atoms with E-state index >= 15 is 0 Å². The fourth-order valence-electron chi connectivity index (χ4n) is 3.25. The Kier molecular flexibility index (Phi) is 6.42. The third-order valence-corrected chi connectivity index (χ3v) is 5.74. The zero-order chi connectivity index (χ0) is 22.5. The Labute approximate surface area is 190 Å². The molecule has 0 saturated carbocycles. The lowest BCUT2D eigenvalue weighted by Crippen LogP contribution is -2.21. The average molecular weight is 443 g/mol. The van der Waals surface area contributed by atoms with Crippen LogP contribution >= 0.6 is 11.3 Å². The van der Waals surface area contributed by atoms with Crippen molar-refractivity contribution in [2.75, 3.05) is 11.9 Å². The van der Waals surface area contributed by atoms with Crippen molar-refractivity contribution in [1.82, 2.24) is 4.98 Å². The number of ether oxygens (including phenoxy) is 1. The van der Waals surface area contributed by atoms with Crippen molar-refractivity contribution in [3.05, 3.63) is 94.9 Å². The van der Waals surface area contributed by atoms with Crippen LogP contribution in [0.3, 0.4) is 0 Å². The van der Waals surface area contributed by atoms with E-state index in [1.54, 1.807) is 6.07 Å². The van der Waals surface area contributed by atoms with Crippen LogP contribution in [0.2, 0.25) is 0 Å². The van der Waals surface area contributed by atoms with Crippen molar-refractivity contribution in [3.8, 4) is 22.4 Å². The summed E-state index contributed by atoms with van der Waals surface area (Å²) in [6, 6.07) is 23.8. The summed E-state index contributed by atoms with van der Waals surface area (Å²) in [4.78, 5) is 29.0. The molecule has 160 valence electrons.